The predicted octanol–water partition coefficient (Wildman–Crippen LogP) is 4.34. The molecule has 124 valence electrons. The topological polar surface area (TPSA) is 72.3 Å². The summed E-state index contributed by atoms with van der Waals surface area (Å²) in [5, 5.41) is 1.61. The smallest absolute Gasteiger partial charge is 0.374 e. The molecule has 2 aromatic carbocycles. The second kappa shape index (κ2) is 5.94. The average Bonchev–Trinajstić information content (AvgIpc) is 3.25. The van der Waals surface area contributed by atoms with Crippen molar-refractivity contribution in [2.24, 2.45) is 0 Å². The summed E-state index contributed by atoms with van der Waals surface area (Å²) in [5.74, 6) is -0.835. The Labute approximate surface area is 143 Å². The normalized spacial score (nSPS) is 12.4. The first-order valence-corrected chi connectivity index (χ1v) is 7.93. The number of H-pyrrole nitrogens is 1. The van der Waals surface area contributed by atoms with Crippen LogP contribution in [0.15, 0.2) is 65.2 Å². The van der Waals surface area contributed by atoms with Crippen molar-refractivity contribution in [3.05, 3.63) is 72.1 Å². The summed E-state index contributed by atoms with van der Waals surface area (Å²) in [7, 11) is 0. The van der Waals surface area contributed by atoms with Crippen molar-refractivity contribution < 1.29 is 18.7 Å². The van der Waals surface area contributed by atoms with Gasteiger partial charge in [0, 0.05) is 28.0 Å². The van der Waals surface area contributed by atoms with Crippen molar-refractivity contribution >= 4 is 33.6 Å². The monoisotopic (exact) mass is 333 g/mol. The molecule has 1 N–H and O–H groups in total. The molecule has 0 aliphatic heterocycles. The summed E-state index contributed by atoms with van der Waals surface area (Å²) in [6, 6.07) is 16.4. The van der Waals surface area contributed by atoms with Crippen LogP contribution in [0.25, 0.3) is 21.9 Å². The first-order valence-electron chi connectivity index (χ1n) is 7.93. The zero-order valence-corrected chi connectivity index (χ0v) is 13.5. The summed E-state index contributed by atoms with van der Waals surface area (Å²) in [5.41, 5.74) is 1.97. The highest BCUT2D eigenvalue weighted by Crippen LogP contribution is 2.22. The van der Waals surface area contributed by atoms with Crippen LogP contribution in [-0.2, 0) is 4.74 Å². The van der Waals surface area contributed by atoms with Gasteiger partial charge in [-0.1, -0.05) is 36.4 Å². The number of hydrogen-bond acceptors (Lipinski definition) is 4. The second-order valence-corrected chi connectivity index (χ2v) is 5.81. The van der Waals surface area contributed by atoms with Crippen LogP contribution in [0.5, 0.6) is 0 Å². The maximum atomic E-state index is 12.6. The van der Waals surface area contributed by atoms with Crippen LogP contribution in [-0.4, -0.2) is 22.8 Å². The quantitative estimate of drug-likeness (QED) is 0.445. The minimum atomic E-state index is -0.917. The molecular formula is C20H15NO4. The van der Waals surface area contributed by atoms with Crippen LogP contribution in [0, 0.1) is 0 Å². The van der Waals surface area contributed by atoms with E-state index in [9.17, 15) is 9.59 Å². The number of nitrogens with one attached hydrogen (secondary N) is 1. The Bertz CT molecular complexity index is 1060. The number of ether oxygens (including phenoxy) is 1. The molecule has 5 nitrogen and oxygen atoms in total. The fraction of sp³-hybridized carbons (Fsp3) is 0.100. The molecule has 0 aliphatic rings. The molecule has 0 aliphatic carbocycles. The molecule has 0 saturated carbocycles. The predicted molar refractivity (Wildman–Crippen MR) is 93.7 cm³/mol. The number of ketones is 1. The summed E-state index contributed by atoms with van der Waals surface area (Å²) in [6.07, 6.45) is 0.721. The highest BCUT2D eigenvalue weighted by atomic mass is 16.6. The summed E-state index contributed by atoms with van der Waals surface area (Å²) in [6.45, 7) is 1.56. The Kier molecular flexibility index (Phi) is 3.61. The molecule has 0 radical (unpaired) electrons. The van der Waals surface area contributed by atoms with Gasteiger partial charge in [0.2, 0.25) is 11.5 Å². The molecule has 25 heavy (non-hydrogen) atoms. The number of Topliss-reactive ketones (excluding diaryl/α,β-unsaturated/α-hetero) is 1. The fourth-order valence-corrected chi connectivity index (χ4v) is 2.85. The van der Waals surface area contributed by atoms with Crippen LogP contribution in [0.2, 0.25) is 0 Å². The number of hydrogen-bond donors (Lipinski definition) is 1. The van der Waals surface area contributed by atoms with Gasteiger partial charge in [0.25, 0.3) is 0 Å². The lowest BCUT2D eigenvalue weighted by molar-refractivity contribution is 0.0292. The lowest BCUT2D eigenvalue weighted by Crippen LogP contribution is -2.24. The SMILES string of the molecule is C[C@@H](OC(=O)c1cc2ccccc2o1)C(=O)c1c[nH]c2ccccc12. The van der Waals surface area contributed by atoms with E-state index in [1.807, 2.05) is 42.5 Å². The van der Waals surface area contributed by atoms with Crippen LogP contribution in [0.4, 0.5) is 0 Å². The lowest BCUT2D eigenvalue weighted by atomic mass is 10.1. The van der Waals surface area contributed by atoms with E-state index in [1.165, 1.54) is 0 Å². The van der Waals surface area contributed by atoms with Gasteiger partial charge >= 0.3 is 5.97 Å². The van der Waals surface area contributed by atoms with Crippen molar-refractivity contribution in [1.29, 1.82) is 0 Å². The molecule has 4 aromatic rings. The number of aromatic nitrogens is 1. The molecule has 1 atom stereocenters. The number of aromatic amines is 1. The zero-order valence-electron chi connectivity index (χ0n) is 13.5. The third-order valence-electron chi connectivity index (χ3n) is 4.13. The number of carbonyl (C=O) groups excluding carboxylic acids is 2. The van der Waals surface area contributed by atoms with Gasteiger partial charge < -0.3 is 14.1 Å². The Hall–Kier alpha value is -3.34. The average molecular weight is 333 g/mol. The van der Waals surface area contributed by atoms with Crippen molar-refractivity contribution in [3.63, 3.8) is 0 Å². The molecular weight excluding hydrogens is 318 g/mol. The highest BCUT2D eigenvalue weighted by Gasteiger charge is 2.24. The third-order valence-corrected chi connectivity index (χ3v) is 4.13. The Morgan fingerprint density at radius 3 is 2.68 bits per heavy atom. The molecule has 2 heterocycles. The van der Waals surface area contributed by atoms with Crippen molar-refractivity contribution in [3.8, 4) is 0 Å². The van der Waals surface area contributed by atoms with Crippen molar-refractivity contribution in [2.45, 2.75) is 13.0 Å². The molecule has 0 spiro atoms. The molecule has 2 aromatic heterocycles. The van der Waals surface area contributed by atoms with Gasteiger partial charge in [0.15, 0.2) is 6.10 Å². The molecule has 5 heteroatoms. The minimum absolute atomic E-state index is 0.0831. The largest absolute Gasteiger partial charge is 0.449 e. The van der Waals surface area contributed by atoms with E-state index in [4.69, 9.17) is 9.15 Å². The Balaban J connectivity index is 1.55. The van der Waals surface area contributed by atoms with E-state index in [0.29, 0.717) is 11.1 Å². The third kappa shape index (κ3) is 2.70. The van der Waals surface area contributed by atoms with Gasteiger partial charge in [-0.25, -0.2) is 4.79 Å². The number of benzene rings is 2. The molecule has 0 amide bonds. The molecule has 0 saturated heterocycles. The van der Waals surface area contributed by atoms with Gasteiger partial charge in [-0.2, -0.15) is 0 Å². The summed E-state index contributed by atoms with van der Waals surface area (Å²) < 4.78 is 10.8. The van der Waals surface area contributed by atoms with Gasteiger partial charge in [0.05, 0.1) is 0 Å². The van der Waals surface area contributed by atoms with Gasteiger partial charge in [-0.15, -0.1) is 0 Å². The maximum absolute atomic E-state index is 12.6. The van der Waals surface area contributed by atoms with E-state index in [-0.39, 0.29) is 11.5 Å². The number of carbonyl (C=O) groups is 2. The number of fused-ring (bicyclic) bond motifs is 2. The van der Waals surface area contributed by atoms with Gasteiger partial charge in [-0.05, 0) is 25.1 Å². The van der Waals surface area contributed by atoms with Crippen LogP contribution in [0.1, 0.15) is 27.8 Å². The second-order valence-electron chi connectivity index (χ2n) is 5.81. The van der Waals surface area contributed by atoms with E-state index in [1.54, 1.807) is 25.3 Å². The molecule has 0 fully saturated rings. The molecule has 4 rings (SSSR count). The molecule has 0 unspecified atom stereocenters. The number of furan rings is 1. The van der Waals surface area contributed by atoms with E-state index in [0.717, 1.165) is 16.3 Å². The zero-order chi connectivity index (χ0) is 17.4. The molecule has 0 bridgehead atoms. The maximum Gasteiger partial charge on any atom is 0.374 e. The van der Waals surface area contributed by atoms with E-state index >= 15 is 0 Å². The number of rotatable bonds is 4. The van der Waals surface area contributed by atoms with E-state index in [2.05, 4.69) is 4.98 Å². The first kappa shape index (κ1) is 15.2. The van der Waals surface area contributed by atoms with E-state index < -0.39 is 12.1 Å². The van der Waals surface area contributed by atoms with Crippen LogP contribution < -0.4 is 0 Å². The van der Waals surface area contributed by atoms with Crippen molar-refractivity contribution in [2.75, 3.05) is 0 Å². The first-order chi connectivity index (χ1) is 12.1. The van der Waals surface area contributed by atoms with Crippen molar-refractivity contribution in [1.82, 2.24) is 4.98 Å². The number of para-hydroxylation sites is 2. The van der Waals surface area contributed by atoms with Crippen LogP contribution >= 0.6 is 0 Å². The van der Waals surface area contributed by atoms with Gasteiger partial charge in [0.1, 0.15) is 5.58 Å². The summed E-state index contributed by atoms with van der Waals surface area (Å²) in [4.78, 5) is 28.0. The fourth-order valence-electron chi connectivity index (χ4n) is 2.85. The van der Waals surface area contributed by atoms with Crippen LogP contribution in [0.3, 0.4) is 0 Å². The standard InChI is InChI=1S/C20H15NO4/c1-12(19(22)15-11-21-16-8-4-3-7-14(15)16)24-20(23)18-10-13-6-2-5-9-17(13)25-18/h2-12,21H,1H3/t12-/m1/s1. The Morgan fingerprint density at radius 1 is 1.08 bits per heavy atom. The number of esters is 1. The summed E-state index contributed by atoms with van der Waals surface area (Å²) >= 11 is 0. The Morgan fingerprint density at radius 2 is 1.84 bits per heavy atom. The van der Waals surface area contributed by atoms with Gasteiger partial charge in [-0.3, -0.25) is 4.79 Å². The highest BCUT2D eigenvalue weighted by molar-refractivity contribution is 6.10. The lowest BCUT2D eigenvalue weighted by Gasteiger charge is -2.10. The minimum Gasteiger partial charge on any atom is -0.449 e.